The lowest BCUT2D eigenvalue weighted by Gasteiger charge is -2.35. The Morgan fingerprint density at radius 3 is 2.96 bits per heavy atom. The number of alkyl halides is 1. The Labute approximate surface area is 272 Å². The van der Waals surface area contributed by atoms with Crippen molar-refractivity contribution in [3.05, 3.63) is 46.6 Å². The van der Waals surface area contributed by atoms with Crippen molar-refractivity contribution in [2.24, 2.45) is 5.92 Å². The highest BCUT2D eigenvalue weighted by molar-refractivity contribution is 6.33. The van der Waals surface area contributed by atoms with E-state index >= 15 is 4.39 Å². The molecule has 2 N–H and O–H groups in total. The predicted octanol–water partition coefficient (Wildman–Crippen LogP) is 4.75. The number of benzene rings is 1. The van der Waals surface area contributed by atoms with Gasteiger partial charge in [-0.25, -0.2) is 8.78 Å². The fourth-order valence-electron chi connectivity index (χ4n) is 8.15. The summed E-state index contributed by atoms with van der Waals surface area (Å²) < 4.78 is 43.8. The number of halogens is 3. The summed E-state index contributed by atoms with van der Waals surface area (Å²) in [5.74, 6) is 0.0639. The molecule has 47 heavy (non-hydrogen) atoms. The predicted molar refractivity (Wildman–Crippen MR) is 168 cm³/mol. The zero-order valence-electron chi connectivity index (χ0n) is 25.4. The third-order valence-corrected chi connectivity index (χ3v) is 10.8. The average Bonchev–Trinajstić information content (AvgIpc) is 3.87. The maximum Gasteiger partial charge on any atom is 0.319 e. The van der Waals surface area contributed by atoms with Gasteiger partial charge in [0.05, 0.1) is 22.6 Å². The Kier molecular flexibility index (Phi) is 6.84. The van der Waals surface area contributed by atoms with Crippen LogP contribution in [0.1, 0.15) is 55.6 Å². The maximum absolute atomic E-state index is 17.1. The number of aromatic amines is 1. The number of nitrogens with zero attached hydrogens (tertiary/aromatic N) is 8. The van der Waals surface area contributed by atoms with Gasteiger partial charge in [0, 0.05) is 60.6 Å². The lowest BCUT2D eigenvalue weighted by molar-refractivity contribution is 0.0709. The highest BCUT2D eigenvalue weighted by Crippen LogP contribution is 2.43. The zero-order chi connectivity index (χ0) is 31.9. The number of aliphatic hydroxyl groups excluding tert-OH is 1. The number of aliphatic hydroxyl groups is 1. The summed E-state index contributed by atoms with van der Waals surface area (Å²) in [4.78, 5) is 18.3. The van der Waals surface area contributed by atoms with E-state index in [1.165, 1.54) is 0 Å². The summed E-state index contributed by atoms with van der Waals surface area (Å²) in [5, 5.41) is 28.3. The van der Waals surface area contributed by atoms with Crippen molar-refractivity contribution in [3.8, 4) is 17.3 Å². The van der Waals surface area contributed by atoms with E-state index in [1.807, 2.05) is 4.90 Å². The second kappa shape index (κ2) is 11.0. The van der Waals surface area contributed by atoms with Gasteiger partial charge in [-0.15, -0.1) is 10.2 Å². The molecule has 0 unspecified atom stereocenters. The quantitative estimate of drug-likeness (QED) is 0.276. The molecule has 5 aliphatic heterocycles. The van der Waals surface area contributed by atoms with Gasteiger partial charge in [0.25, 0.3) is 0 Å². The molecule has 5 aliphatic rings. The number of piperidine rings is 1. The van der Waals surface area contributed by atoms with E-state index in [0.29, 0.717) is 83.0 Å². The molecule has 244 valence electrons. The SMILES string of the molecule is O[C@@H]1c2nnc(o2)CCc2c(Cl)cc3[nH]ncc3c2-c2ncc3c(nc(OC[C@@]45CCCN4C[C@H](F)C5)nc3c2F)N2CCC[C@@H]1C2. The van der Waals surface area contributed by atoms with Crippen LogP contribution in [0.15, 0.2) is 22.9 Å². The van der Waals surface area contributed by atoms with Crippen molar-refractivity contribution in [3.63, 3.8) is 0 Å². The third-order valence-electron chi connectivity index (χ3n) is 10.4. The first-order chi connectivity index (χ1) is 22.9. The zero-order valence-corrected chi connectivity index (χ0v) is 26.2. The highest BCUT2D eigenvalue weighted by Gasteiger charge is 2.49. The summed E-state index contributed by atoms with van der Waals surface area (Å²) in [6.07, 6.45) is 5.59. The van der Waals surface area contributed by atoms with Crippen LogP contribution < -0.4 is 9.64 Å². The van der Waals surface area contributed by atoms with E-state index in [1.54, 1.807) is 18.5 Å². The van der Waals surface area contributed by atoms with Gasteiger partial charge in [-0.2, -0.15) is 15.1 Å². The summed E-state index contributed by atoms with van der Waals surface area (Å²) in [5.41, 5.74) is 1.43. The van der Waals surface area contributed by atoms with Gasteiger partial charge < -0.3 is 19.2 Å². The maximum atomic E-state index is 17.1. The monoisotopic (exact) mass is 663 g/mol. The van der Waals surface area contributed by atoms with Crippen LogP contribution in [0.5, 0.6) is 6.01 Å². The molecule has 0 aliphatic carbocycles. The molecule has 12 nitrogen and oxygen atoms in total. The van der Waals surface area contributed by atoms with Gasteiger partial charge in [-0.1, -0.05) is 11.6 Å². The standard InChI is InChI=1S/C32H32ClF2N9O3/c33-21-9-22-19(12-37-40-22)24-18(21)4-5-23-41-42-30(47-23)28(45)16-3-1-7-43(13-16)29-20-11-36-27(24)25(35)26(20)38-31(39-29)46-15-32-6-2-8-44(32)14-17(34)10-32/h9,11-12,16-17,28,45H,1-8,10,13-15H2,(H,37,40)/t16-,17-,28+,32+/m1/s1. The van der Waals surface area contributed by atoms with Crippen molar-refractivity contribution in [2.75, 3.05) is 37.7 Å². The smallest absolute Gasteiger partial charge is 0.319 e. The topological polar surface area (TPSA) is 142 Å². The van der Waals surface area contributed by atoms with Gasteiger partial charge in [-0.05, 0) is 50.3 Å². The molecule has 9 heterocycles. The summed E-state index contributed by atoms with van der Waals surface area (Å²) in [6.45, 7) is 2.43. The Balaban J connectivity index is 1.23. The first kappa shape index (κ1) is 29.2. The Morgan fingerprint density at radius 1 is 1.13 bits per heavy atom. The van der Waals surface area contributed by atoms with E-state index in [-0.39, 0.29) is 35.6 Å². The Hall–Kier alpha value is -4.01. The number of fused-ring (bicyclic) bond motifs is 4. The molecule has 0 radical (unpaired) electrons. The minimum atomic E-state index is -0.998. The van der Waals surface area contributed by atoms with E-state index in [4.69, 9.17) is 25.7 Å². The van der Waals surface area contributed by atoms with Gasteiger partial charge in [0.15, 0.2) is 5.82 Å². The van der Waals surface area contributed by atoms with Crippen LogP contribution in [-0.4, -0.2) is 89.8 Å². The van der Waals surface area contributed by atoms with E-state index in [9.17, 15) is 9.50 Å². The van der Waals surface area contributed by atoms with Crippen molar-refractivity contribution in [1.29, 1.82) is 0 Å². The van der Waals surface area contributed by atoms with Gasteiger partial charge in [0.2, 0.25) is 11.8 Å². The minimum absolute atomic E-state index is 0.0113. The fraction of sp³-hybridized carbons (Fsp3) is 0.500. The molecule has 3 fully saturated rings. The molecule has 10 rings (SSSR count). The largest absolute Gasteiger partial charge is 0.461 e. The molecule has 8 bridgehead atoms. The molecular formula is C32H32ClF2N9O3. The van der Waals surface area contributed by atoms with Crippen LogP contribution in [0.3, 0.4) is 0 Å². The van der Waals surface area contributed by atoms with Crippen molar-refractivity contribution in [1.82, 2.24) is 40.2 Å². The third kappa shape index (κ3) is 4.74. The molecule has 1 aromatic carbocycles. The van der Waals surface area contributed by atoms with Crippen LogP contribution in [0.2, 0.25) is 5.02 Å². The Bertz CT molecular complexity index is 2020. The van der Waals surface area contributed by atoms with E-state index < -0.39 is 23.6 Å². The number of aromatic nitrogens is 7. The van der Waals surface area contributed by atoms with Crippen molar-refractivity contribution >= 4 is 39.2 Å². The van der Waals surface area contributed by atoms with Gasteiger partial charge in [0.1, 0.15) is 35.9 Å². The molecule has 5 aromatic rings. The molecule has 15 heteroatoms. The summed E-state index contributed by atoms with van der Waals surface area (Å²) in [6, 6.07) is 1.76. The van der Waals surface area contributed by atoms with E-state index in [0.717, 1.165) is 32.2 Å². The number of ether oxygens (including phenoxy) is 1. The number of aryl methyl sites for hydroxylation is 1. The van der Waals surface area contributed by atoms with E-state index in [2.05, 4.69) is 35.3 Å². The van der Waals surface area contributed by atoms with Crippen LogP contribution >= 0.6 is 11.6 Å². The van der Waals surface area contributed by atoms with Crippen molar-refractivity contribution in [2.45, 2.75) is 62.8 Å². The van der Waals surface area contributed by atoms with Crippen LogP contribution in [0.4, 0.5) is 14.6 Å². The highest BCUT2D eigenvalue weighted by atomic mass is 35.5. The lowest BCUT2D eigenvalue weighted by atomic mass is 9.92. The molecular weight excluding hydrogens is 632 g/mol. The minimum Gasteiger partial charge on any atom is -0.461 e. The first-order valence-electron chi connectivity index (χ1n) is 16.2. The second-order valence-electron chi connectivity index (χ2n) is 13.2. The fourth-order valence-corrected chi connectivity index (χ4v) is 8.44. The van der Waals surface area contributed by atoms with Gasteiger partial charge in [-0.3, -0.25) is 15.0 Å². The molecule has 4 atom stereocenters. The second-order valence-corrected chi connectivity index (χ2v) is 13.7. The molecule has 4 aromatic heterocycles. The number of anilines is 1. The molecule has 3 saturated heterocycles. The summed E-state index contributed by atoms with van der Waals surface area (Å²) >= 11 is 6.82. The van der Waals surface area contributed by atoms with Gasteiger partial charge >= 0.3 is 6.01 Å². The summed E-state index contributed by atoms with van der Waals surface area (Å²) in [7, 11) is 0. The molecule has 0 spiro atoms. The normalized spacial score (nSPS) is 26.0. The van der Waals surface area contributed by atoms with Crippen LogP contribution in [0, 0.1) is 11.7 Å². The number of hydrogen-bond donors (Lipinski definition) is 2. The number of pyridine rings is 1. The molecule has 0 amide bonds. The molecule has 0 saturated carbocycles. The number of hydrogen-bond acceptors (Lipinski definition) is 11. The van der Waals surface area contributed by atoms with Crippen LogP contribution in [0.25, 0.3) is 33.1 Å². The van der Waals surface area contributed by atoms with Crippen LogP contribution in [-0.2, 0) is 12.8 Å². The van der Waals surface area contributed by atoms with Crippen molar-refractivity contribution < 1.29 is 23.0 Å². The average molecular weight is 664 g/mol. The first-order valence-corrected chi connectivity index (χ1v) is 16.5. The number of rotatable bonds is 3. The Morgan fingerprint density at radius 2 is 2.04 bits per heavy atom. The lowest BCUT2D eigenvalue weighted by Crippen LogP contribution is -2.43. The number of nitrogens with one attached hydrogen (secondary N) is 1. The number of H-pyrrole nitrogens is 1.